The van der Waals surface area contributed by atoms with Crippen molar-refractivity contribution in [1.82, 2.24) is 24.9 Å². The van der Waals surface area contributed by atoms with Crippen LogP contribution in [0.4, 0.5) is 0 Å². The molecule has 0 saturated heterocycles. The molecule has 30 heavy (non-hydrogen) atoms. The Hall–Kier alpha value is -2.41. The van der Waals surface area contributed by atoms with Crippen LogP contribution in [0.25, 0.3) is 5.78 Å². The first kappa shape index (κ1) is 20.8. The maximum Gasteiger partial charge on any atom is 0.253 e. The van der Waals surface area contributed by atoms with E-state index >= 15 is 0 Å². The van der Waals surface area contributed by atoms with Crippen molar-refractivity contribution in [3.05, 3.63) is 52.8 Å². The predicted molar refractivity (Wildman–Crippen MR) is 120 cm³/mol. The van der Waals surface area contributed by atoms with Gasteiger partial charge in [-0.2, -0.15) is 4.98 Å². The van der Waals surface area contributed by atoms with Crippen molar-refractivity contribution in [2.24, 2.45) is 5.92 Å². The second-order valence-corrected chi connectivity index (χ2v) is 9.20. The second-order valence-electron chi connectivity index (χ2n) is 8.25. The first-order valence-electron chi connectivity index (χ1n) is 10.7. The molecule has 0 unspecified atom stereocenters. The quantitative estimate of drug-likeness (QED) is 0.604. The molecule has 1 amide bonds. The predicted octanol–water partition coefficient (Wildman–Crippen LogP) is 4.12. The van der Waals surface area contributed by atoms with Gasteiger partial charge in [0.15, 0.2) is 0 Å². The summed E-state index contributed by atoms with van der Waals surface area (Å²) < 4.78 is 1.80. The summed E-state index contributed by atoms with van der Waals surface area (Å²) in [6, 6.07) is 10.7. The third-order valence-corrected chi connectivity index (χ3v) is 6.88. The van der Waals surface area contributed by atoms with Crippen molar-refractivity contribution >= 4 is 23.4 Å². The lowest BCUT2D eigenvalue weighted by Gasteiger charge is -2.29. The number of hydrogen-bond acceptors (Lipinski definition) is 5. The van der Waals surface area contributed by atoms with E-state index in [-0.39, 0.29) is 5.91 Å². The van der Waals surface area contributed by atoms with Crippen LogP contribution in [0.3, 0.4) is 0 Å². The summed E-state index contributed by atoms with van der Waals surface area (Å²) in [5, 5.41) is 8.40. The smallest absolute Gasteiger partial charge is 0.253 e. The fraction of sp³-hybridized carbons (Fsp3) is 0.478. The Morgan fingerprint density at radius 1 is 1.17 bits per heavy atom. The van der Waals surface area contributed by atoms with Crippen molar-refractivity contribution in [3.63, 3.8) is 0 Å². The molecule has 1 aliphatic carbocycles. The summed E-state index contributed by atoms with van der Waals surface area (Å²) in [4.78, 5) is 21.6. The van der Waals surface area contributed by atoms with Gasteiger partial charge in [-0.25, -0.2) is 9.50 Å². The van der Waals surface area contributed by atoms with Gasteiger partial charge in [0.05, 0.1) is 5.75 Å². The van der Waals surface area contributed by atoms with E-state index < -0.39 is 0 Å². The third-order valence-electron chi connectivity index (χ3n) is 6.04. The number of aryl methyl sites for hydroxylation is 2. The topological polar surface area (TPSA) is 72.2 Å². The molecular weight excluding hydrogens is 394 g/mol. The molecule has 2 heterocycles. The highest BCUT2D eigenvalue weighted by molar-refractivity contribution is 7.99. The van der Waals surface area contributed by atoms with E-state index in [2.05, 4.69) is 58.5 Å². The first-order chi connectivity index (χ1) is 14.5. The molecule has 158 valence electrons. The van der Waals surface area contributed by atoms with Crippen LogP contribution >= 0.6 is 11.8 Å². The summed E-state index contributed by atoms with van der Waals surface area (Å²) in [5.41, 5.74) is 4.42. The summed E-state index contributed by atoms with van der Waals surface area (Å²) >= 11 is 1.37. The van der Waals surface area contributed by atoms with Crippen LogP contribution in [0.5, 0.6) is 0 Å². The van der Waals surface area contributed by atoms with Crippen molar-refractivity contribution in [2.45, 2.75) is 64.1 Å². The molecule has 0 bridgehead atoms. The molecule has 1 fully saturated rings. The zero-order valence-corrected chi connectivity index (χ0v) is 18.7. The summed E-state index contributed by atoms with van der Waals surface area (Å²) in [5.74, 6) is 1.53. The average molecular weight is 424 g/mol. The molecule has 1 aliphatic rings. The molecule has 1 saturated carbocycles. The van der Waals surface area contributed by atoms with Crippen LogP contribution in [-0.4, -0.2) is 37.3 Å². The number of amides is 1. The van der Waals surface area contributed by atoms with Gasteiger partial charge < -0.3 is 5.32 Å². The van der Waals surface area contributed by atoms with Crippen molar-refractivity contribution in [1.29, 1.82) is 0 Å². The number of carbonyl (C=O) groups excluding carboxylic acids is 1. The van der Waals surface area contributed by atoms with Crippen molar-refractivity contribution in [3.8, 4) is 0 Å². The Kier molecular flexibility index (Phi) is 6.37. The zero-order valence-electron chi connectivity index (χ0n) is 17.9. The van der Waals surface area contributed by atoms with Crippen LogP contribution in [0.1, 0.15) is 55.1 Å². The minimum Gasteiger partial charge on any atom is -0.352 e. The van der Waals surface area contributed by atoms with Gasteiger partial charge in [0, 0.05) is 23.9 Å². The Bertz CT molecular complexity index is 1030. The lowest BCUT2D eigenvalue weighted by Crippen LogP contribution is -2.41. The Morgan fingerprint density at radius 3 is 2.70 bits per heavy atom. The number of benzene rings is 1. The van der Waals surface area contributed by atoms with Gasteiger partial charge in [-0.3, -0.25) is 4.79 Å². The maximum atomic E-state index is 12.4. The van der Waals surface area contributed by atoms with Gasteiger partial charge in [-0.05, 0) is 43.7 Å². The van der Waals surface area contributed by atoms with Gasteiger partial charge in [-0.15, -0.1) is 5.10 Å². The van der Waals surface area contributed by atoms with E-state index in [9.17, 15) is 4.79 Å². The highest BCUT2D eigenvalue weighted by Gasteiger charge is 2.23. The second kappa shape index (κ2) is 9.16. The van der Waals surface area contributed by atoms with Gasteiger partial charge in [0.1, 0.15) is 0 Å². The Labute approximate surface area is 181 Å². The van der Waals surface area contributed by atoms with E-state index in [1.54, 1.807) is 4.52 Å². The third kappa shape index (κ3) is 4.67. The maximum absolute atomic E-state index is 12.4. The van der Waals surface area contributed by atoms with Gasteiger partial charge in [0.2, 0.25) is 11.1 Å². The molecule has 0 spiro atoms. The Balaban J connectivity index is 1.45. The molecule has 3 aromatic rings. The standard InChI is InChI=1S/C23H29N5OS/c1-15-9-7-8-12-20(15)25-21(29)14-30-23-26-22-24-16(2)19(17(3)28(22)27-23)13-18-10-5-4-6-11-18/h4-6,10-11,15,20H,7-9,12-14H2,1-3H3,(H,25,29)/t15-,20-/m0/s1. The van der Waals surface area contributed by atoms with E-state index in [1.165, 1.54) is 42.2 Å². The van der Waals surface area contributed by atoms with Crippen LogP contribution in [0, 0.1) is 19.8 Å². The van der Waals surface area contributed by atoms with Crippen LogP contribution < -0.4 is 5.32 Å². The highest BCUT2D eigenvalue weighted by atomic mass is 32.2. The normalized spacial score (nSPS) is 19.2. The number of rotatable bonds is 6. The molecule has 2 aromatic heterocycles. The largest absolute Gasteiger partial charge is 0.352 e. The van der Waals surface area contributed by atoms with Gasteiger partial charge >= 0.3 is 0 Å². The minimum absolute atomic E-state index is 0.0586. The van der Waals surface area contributed by atoms with Crippen LogP contribution in [0.2, 0.25) is 0 Å². The molecule has 1 aromatic carbocycles. The SMILES string of the molecule is Cc1nc2nc(SCC(=O)N[C@H]3CCCC[C@@H]3C)nn2c(C)c1Cc1ccccc1. The molecule has 1 N–H and O–H groups in total. The molecule has 6 nitrogen and oxygen atoms in total. The molecular formula is C23H29N5OS. The van der Waals surface area contributed by atoms with E-state index in [0.717, 1.165) is 24.2 Å². The Morgan fingerprint density at radius 2 is 1.93 bits per heavy atom. The number of aromatic nitrogens is 4. The lowest BCUT2D eigenvalue weighted by atomic mass is 9.86. The molecule has 0 aliphatic heterocycles. The van der Waals surface area contributed by atoms with E-state index in [0.29, 0.717) is 28.6 Å². The average Bonchev–Trinajstić information content (AvgIpc) is 3.15. The monoisotopic (exact) mass is 423 g/mol. The summed E-state index contributed by atoms with van der Waals surface area (Å²) in [6.07, 6.45) is 5.56. The fourth-order valence-corrected chi connectivity index (χ4v) is 4.85. The van der Waals surface area contributed by atoms with Gasteiger partial charge in [-0.1, -0.05) is 61.9 Å². The highest BCUT2D eigenvalue weighted by Crippen LogP contribution is 2.24. The molecule has 0 radical (unpaired) electrons. The van der Waals surface area contributed by atoms with Crippen molar-refractivity contribution in [2.75, 3.05) is 5.75 Å². The molecule has 2 atom stereocenters. The molecule has 7 heteroatoms. The number of carbonyl (C=O) groups is 1. The van der Waals surface area contributed by atoms with Gasteiger partial charge in [0.25, 0.3) is 5.78 Å². The van der Waals surface area contributed by atoms with E-state index in [1.807, 2.05) is 13.0 Å². The van der Waals surface area contributed by atoms with Crippen LogP contribution in [0.15, 0.2) is 35.5 Å². The van der Waals surface area contributed by atoms with Crippen LogP contribution in [-0.2, 0) is 11.2 Å². The summed E-state index contributed by atoms with van der Waals surface area (Å²) in [7, 11) is 0. The number of hydrogen-bond donors (Lipinski definition) is 1. The molecule has 4 rings (SSSR count). The fourth-order valence-electron chi connectivity index (χ4n) is 4.22. The number of nitrogens with zero attached hydrogens (tertiary/aromatic N) is 4. The number of thioether (sulfide) groups is 1. The zero-order chi connectivity index (χ0) is 21.1. The first-order valence-corrected chi connectivity index (χ1v) is 11.7. The van der Waals surface area contributed by atoms with E-state index in [4.69, 9.17) is 0 Å². The van der Waals surface area contributed by atoms with Crippen molar-refractivity contribution < 1.29 is 4.79 Å². The minimum atomic E-state index is 0.0586. The number of fused-ring (bicyclic) bond motifs is 1. The lowest BCUT2D eigenvalue weighted by molar-refractivity contribution is -0.119. The number of nitrogens with one attached hydrogen (secondary N) is 1. The summed E-state index contributed by atoms with van der Waals surface area (Å²) in [6.45, 7) is 6.30.